The monoisotopic (exact) mass is 354 g/mol. The van der Waals surface area contributed by atoms with Gasteiger partial charge in [0.15, 0.2) is 0 Å². The van der Waals surface area contributed by atoms with Crippen LogP contribution in [0.2, 0.25) is 0 Å². The molecule has 4 rings (SSSR count). The van der Waals surface area contributed by atoms with Crippen molar-refractivity contribution >= 4 is 0 Å². The smallest absolute Gasteiger partial charge is 0.0682 e. The third kappa shape index (κ3) is 3.43. The van der Waals surface area contributed by atoms with Gasteiger partial charge in [0.1, 0.15) is 0 Å². The summed E-state index contributed by atoms with van der Waals surface area (Å²) in [6.45, 7) is 11.3. The second-order valence-electron chi connectivity index (χ2n) is 8.07. The quantitative estimate of drug-likeness (QED) is 0.914. The molecule has 0 saturated carbocycles. The summed E-state index contributed by atoms with van der Waals surface area (Å²) in [7, 11) is 0. The summed E-state index contributed by atoms with van der Waals surface area (Å²) < 4.78 is 2.14. The minimum atomic E-state index is -0.149. The Morgan fingerprint density at radius 3 is 2.62 bits per heavy atom. The molecule has 1 aromatic heterocycles. The van der Waals surface area contributed by atoms with Gasteiger partial charge in [0.2, 0.25) is 0 Å². The number of fused-ring (bicyclic) bond motifs is 1. The van der Waals surface area contributed by atoms with Crippen LogP contribution in [-0.4, -0.2) is 62.5 Å². The van der Waals surface area contributed by atoms with Gasteiger partial charge in [-0.15, -0.1) is 0 Å². The van der Waals surface area contributed by atoms with Crippen LogP contribution in [0.4, 0.5) is 0 Å². The number of aryl methyl sites for hydroxylation is 1. The molecular weight excluding hydrogens is 324 g/mol. The van der Waals surface area contributed by atoms with Gasteiger partial charge in [-0.25, -0.2) is 0 Å². The molecule has 0 unspecified atom stereocenters. The molecule has 1 aromatic carbocycles. The Labute approximate surface area is 156 Å². The highest BCUT2D eigenvalue weighted by molar-refractivity contribution is 5.26. The van der Waals surface area contributed by atoms with Gasteiger partial charge in [-0.3, -0.25) is 14.5 Å². The van der Waals surface area contributed by atoms with E-state index in [1.807, 2.05) is 0 Å². The summed E-state index contributed by atoms with van der Waals surface area (Å²) >= 11 is 0. The van der Waals surface area contributed by atoms with Gasteiger partial charge in [0.05, 0.1) is 18.3 Å². The fourth-order valence-electron chi connectivity index (χ4n) is 4.57. The Kier molecular flexibility index (Phi) is 4.86. The second kappa shape index (κ2) is 7.14. The first-order chi connectivity index (χ1) is 12.5. The number of rotatable bonds is 4. The Morgan fingerprint density at radius 2 is 1.85 bits per heavy atom. The van der Waals surface area contributed by atoms with E-state index in [4.69, 9.17) is 5.10 Å². The van der Waals surface area contributed by atoms with Crippen LogP contribution in [0.5, 0.6) is 0 Å². The first-order valence-electron chi connectivity index (χ1n) is 9.74. The van der Waals surface area contributed by atoms with E-state index in [0.717, 1.165) is 44.8 Å². The minimum Gasteiger partial charge on any atom is -0.392 e. The Morgan fingerprint density at radius 1 is 1.08 bits per heavy atom. The van der Waals surface area contributed by atoms with Crippen molar-refractivity contribution in [2.45, 2.75) is 58.5 Å². The zero-order valence-electron chi connectivity index (χ0n) is 16.1. The van der Waals surface area contributed by atoms with Gasteiger partial charge in [-0.2, -0.15) is 5.10 Å². The number of piperazine rings is 1. The van der Waals surface area contributed by atoms with Crippen molar-refractivity contribution < 1.29 is 5.11 Å². The lowest BCUT2D eigenvalue weighted by atomic mass is 10.1. The summed E-state index contributed by atoms with van der Waals surface area (Å²) in [5, 5.41) is 14.8. The fourth-order valence-corrected chi connectivity index (χ4v) is 4.57. The van der Waals surface area contributed by atoms with Gasteiger partial charge >= 0.3 is 0 Å². The standard InChI is InChI=1S/C21H30N4O/c1-15-10-24-13-20(26)9-19(24)12-23(15)14-21-16(2)22-25(17(21)3)11-18-7-5-4-6-8-18/h4-8,15,19-20,26H,9-14H2,1-3H3/t15-,19+,20+/m0/s1. The van der Waals surface area contributed by atoms with E-state index < -0.39 is 0 Å². The van der Waals surface area contributed by atoms with E-state index in [-0.39, 0.29) is 6.10 Å². The van der Waals surface area contributed by atoms with Crippen LogP contribution >= 0.6 is 0 Å². The minimum absolute atomic E-state index is 0.149. The number of aliphatic hydroxyl groups excluding tert-OH is 1. The van der Waals surface area contributed by atoms with E-state index in [1.165, 1.54) is 16.8 Å². The molecule has 0 aliphatic carbocycles. The molecule has 1 N–H and O–H groups in total. The van der Waals surface area contributed by atoms with Crippen LogP contribution in [0.15, 0.2) is 30.3 Å². The van der Waals surface area contributed by atoms with Crippen LogP contribution in [0.3, 0.4) is 0 Å². The Hall–Kier alpha value is -1.69. The highest BCUT2D eigenvalue weighted by Crippen LogP contribution is 2.27. The maximum absolute atomic E-state index is 9.98. The molecule has 0 radical (unpaired) electrons. The third-order valence-corrected chi connectivity index (χ3v) is 6.14. The van der Waals surface area contributed by atoms with Crippen LogP contribution in [0.25, 0.3) is 0 Å². The molecule has 2 saturated heterocycles. The predicted molar refractivity (Wildman–Crippen MR) is 103 cm³/mol. The first kappa shape index (κ1) is 17.7. The summed E-state index contributed by atoms with van der Waals surface area (Å²) in [4.78, 5) is 5.04. The van der Waals surface area contributed by atoms with Gasteiger partial charge in [-0.05, 0) is 32.8 Å². The first-order valence-corrected chi connectivity index (χ1v) is 9.74. The van der Waals surface area contributed by atoms with E-state index >= 15 is 0 Å². The van der Waals surface area contributed by atoms with Crippen LogP contribution < -0.4 is 0 Å². The topological polar surface area (TPSA) is 44.5 Å². The van der Waals surface area contributed by atoms with Crippen LogP contribution in [0.1, 0.15) is 35.9 Å². The van der Waals surface area contributed by atoms with E-state index in [0.29, 0.717) is 12.1 Å². The van der Waals surface area contributed by atoms with Crippen LogP contribution in [-0.2, 0) is 13.1 Å². The molecule has 0 bridgehead atoms. The zero-order valence-corrected chi connectivity index (χ0v) is 16.1. The molecule has 0 amide bonds. The number of nitrogens with zero attached hydrogens (tertiary/aromatic N) is 4. The SMILES string of the molecule is Cc1nn(Cc2ccccc2)c(C)c1CN1C[C@H]2C[C@@H](O)CN2C[C@@H]1C. The average molecular weight is 354 g/mol. The third-order valence-electron chi connectivity index (χ3n) is 6.14. The summed E-state index contributed by atoms with van der Waals surface area (Å²) in [5.41, 5.74) is 5.05. The fraction of sp³-hybridized carbons (Fsp3) is 0.571. The average Bonchev–Trinajstić information content (AvgIpc) is 3.09. The lowest BCUT2D eigenvalue weighted by molar-refractivity contribution is 0.0526. The molecule has 26 heavy (non-hydrogen) atoms. The molecule has 5 nitrogen and oxygen atoms in total. The summed E-state index contributed by atoms with van der Waals surface area (Å²) in [5.74, 6) is 0. The largest absolute Gasteiger partial charge is 0.392 e. The normalized spacial score (nSPS) is 27.0. The lowest BCUT2D eigenvalue weighted by Crippen LogP contribution is -2.54. The van der Waals surface area contributed by atoms with Crippen molar-refractivity contribution in [2.24, 2.45) is 0 Å². The molecule has 3 heterocycles. The van der Waals surface area contributed by atoms with Gasteiger partial charge in [0, 0.05) is 49.5 Å². The molecule has 140 valence electrons. The van der Waals surface area contributed by atoms with Crippen molar-refractivity contribution in [3.63, 3.8) is 0 Å². The molecule has 3 atom stereocenters. The second-order valence-corrected chi connectivity index (χ2v) is 8.07. The number of hydrogen-bond donors (Lipinski definition) is 1. The van der Waals surface area contributed by atoms with Gasteiger partial charge < -0.3 is 5.11 Å². The molecular formula is C21H30N4O. The Balaban J connectivity index is 1.49. The molecule has 5 heteroatoms. The molecule has 2 aliphatic heterocycles. The highest BCUT2D eigenvalue weighted by Gasteiger charge is 2.38. The van der Waals surface area contributed by atoms with Crippen molar-refractivity contribution in [2.75, 3.05) is 19.6 Å². The van der Waals surface area contributed by atoms with Crippen molar-refractivity contribution in [1.82, 2.24) is 19.6 Å². The van der Waals surface area contributed by atoms with E-state index in [9.17, 15) is 5.11 Å². The van der Waals surface area contributed by atoms with Crippen molar-refractivity contribution in [3.05, 3.63) is 52.8 Å². The lowest BCUT2D eigenvalue weighted by Gasteiger charge is -2.42. The molecule has 2 fully saturated rings. The Bertz CT molecular complexity index is 757. The number of benzene rings is 1. The number of hydrogen-bond acceptors (Lipinski definition) is 4. The maximum atomic E-state index is 9.98. The van der Waals surface area contributed by atoms with Crippen LogP contribution in [0, 0.1) is 13.8 Å². The number of aliphatic hydroxyl groups is 1. The highest BCUT2D eigenvalue weighted by atomic mass is 16.3. The van der Waals surface area contributed by atoms with Crippen molar-refractivity contribution in [1.29, 1.82) is 0 Å². The van der Waals surface area contributed by atoms with Gasteiger partial charge in [-0.1, -0.05) is 30.3 Å². The molecule has 0 spiro atoms. The predicted octanol–water partition coefficient (Wildman–Crippen LogP) is 2.19. The maximum Gasteiger partial charge on any atom is 0.0682 e. The van der Waals surface area contributed by atoms with E-state index in [2.05, 4.69) is 65.6 Å². The number of aromatic nitrogens is 2. The molecule has 2 aliphatic rings. The molecule has 2 aromatic rings. The summed E-state index contributed by atoms with van der Waals surface area (Å²) in [6, 6.07) is 11.5. The van der Waals surface area contributed by atoms with Gasteiger partial charge in [0.25, 0.3) is 0 Å². The van der Waals surface area contributed by atoms with E-state index in [1.54, 1.807) is 0 Å². The zero-order chi connectivity index (χ0) is 18.3. The van der Waals surface area contributed by atoms with Crippen molar-refractivity contribution in [3.8, 4) is 0 Å². The summed E-state index contributed by atoms with van der Waals surface area (Å²) in [6.07, 6.45) is 0.762.